The summed E-state index contributed by atoms with van der Waals surface area (Å²) in [5, 5.41) is 3.23. The quantitative estimate of drug-likeness (QED) is 0.582. The van der Waals surface area contributed by atoms with Crippen LogP contribution in [0.15, 0.2) is 35.6 Å². The lowest BCUT2D eigenvalue weighted by atomic mass is 10.2. The molecule has 3 N–H and O–H groups in total. The van der Waals surface area contributed by atoms with Gasteiger partial charge in [0.25, 0.3) is 0 Å². The lowest BCUT2D eigenvalue weighted by molar-refractivity contribution is -0.131. The molecule has 1 aromatic carbocycles. The lowest BCUT2D eigenvalue weighted by Gasteiger charge is -2.29. The molecular formula is C21H32N4O2. The van der Waals surface area contributed by atoms with E-state index in [4.69, 9.17) is 4.74 Å². The number of amides is 1. The predicted octanol–water partition coefficient (Wildman–Crippen LogP) is 2.97. The van der Waals surface area contributed by atoms with Gasteiger partial charge in [-0.05, 0) is 56.9 Å². The molecule has 0 bridgehead atoms. The first kappa shape index (κ1) is 21.0. The minimum absolute atomic E-state index is 0.00493. The second-order valence-electron chi connectivity index (χ2n) is 6.70. The number of benzene rings is 1. The summed E-state index contributed by atoms with van der Waals surface area (Å²) in [4.78, 5) is 14.8. The third kappa shape index (κ3) is 6.43. The van der Waals surface area contributed by atoms with Crippen LogP contribution in [0.5, 0.6) is 5.75 Å². The number of hydrazine groups is 1. The summed E-state index contributed by atoms with van der Waals surface area (Å²) in [6, 6.07) is 5.92. The molecule has 1 unspecified atom stereocenters. The molecule has 1 aliphatic heterocycles. The Morgan fingerprint density at radius 3 is 2.93 bits per heavy atom. The van der Waals surface area contributed by atoms with Crippen molar-refractivity contribution in [2.75, 3.05) is 31.6 Å². The molecule has 1 aliphatic rings. The molecule has 148 valence electrons. The number of carbonyl (C=O) groups excluding carboxylic acids is 1. The minimum atomic E-state index is -0.00493. The van der Waals surface area contributed by atoms with Gasteiger partial charge < -0.3 is 15.0 Å². The van der Waals surface area contributed by atoms with Crippen molar-refractivity contribution in [1.82, 2.24) is 15.8 Å². The standard InChI is InChI=1S/C21H32N4O2/c1-5-7-8-16(3)15-25(20-11-12-23-24-20)21(26)14-22-18-10-9-17(4)19(13-18)27-6-2/h7,9-10,13,20,22-24H,5-6,11-12,14-15H2,1-4H3. The number of rotatable bonds is 9. The molecule has 1 amide bonds. The van der Waals surface area contributed by atoms with Crippen LogP contribution < -0.4 is 20.9 Å². The second kappa shape index (κ2) is 10.8. The van der Waals surface area contributed by atoms with Crippen LogP contribution in [0.25, 0.3) is 0 Å². The van der Waals surface area contributed by atoms with Crippen molar-refractivity contribution in [2.45, 2.75) is 46.7 Å². The molecule has 0 aromatic heterocycles. The van der Waals surface area contributed by atoms with E-state index in [0.29, 0.717) is 13.2 Å². The first-order chi connectivity index (χ1) is 13.0. The fourth-order valence-electron chi connectivity index (χ4n) is 2.95. The van der Waals surface area contributed by atoms with Crippen molar-refractivity contribution in [3.63, 3.8) is 0 Å². The summed E-state index contributed by atoms with van der Waals surface area (Å²) >= 11 is 0. The molecule has 0 aliphatic carbocycles. The SMILES string of the molecule is CCC=C=C(C)CN(C(=O)CNc1ccc(C)c(OCC)c1)C1CCNN1. The van der Waals surface area contributed by atoms with Crippen LogP contribution in [0.1, 0.15) is 39.2 Å². The van der Waals surface area contributed by atoms with Crippen LogP contribution in [0, 0.1) is 6.92 Å². The highest BCUT2D eigenvalue weighted by Gasteiger charge is 2.26. The zero-order valence-corrected chi connectivity index (χ0v) is 16.9. The molecule has 1 heterocycles. The summed E-state index contributed by atoms with van der Waals surface area (Å²) in [6.07, 6.45) is 3.81. The molecule has 1 fully saturated rings. The van der Waals surface area contributed by atoms with Gasteiger partial charge in [0.05, 0.1) is 25.9 Å². The van der Waals surface area contributed by atoms with Crippen LogP contribution in [0.3, 0.4) is 0 Å². The Hall–Kier alpha value is -2.27. The largest absolute Gasteiger partial charge is 0.494 e. The number of nitrogens with zero attached hydrogens (tertiary/aromatic N) is 1. The summed E-state index contributed by atoms with van der Waals surface area (Å²) in [5.74, 6) is 0.893. The Kier molecular flexibility index (Phi) is 8.40. The van der Waals surface area contributed by atoms with Gasteiger partial charge in [0.1, 0.15) is 5.75 Å². The van der Waals surface area contributed by atoms with Crippen molar-refractivity contribution < 1.29 is 9.53 Å². The van der Waals surface area contributed by atoms with Gasteiger partial charge in [-0.15, -0.1) is 5.73 Å². The van der Waals surface area contributed by atoms with E-state index in [1.54, 1.807) is 0 Å². The van der Waals surface area contributed by atoms with Crippen molar-refractivity contribution in [2.24, 2.45) is 0 Å². The van der Waals surface area contributed by atoms with Crippen molar-refractivity contribution >= 4 is 11.6 Å². The van der Waals surface area contributed by atoms with Gasteiger partial charge in [0.15, 0.2) is 0 Å². The van der Waals surface area contributed by atoms with Gasteiger partial charge in [0.2, 0.25) is 5.91 Å². The maximum Gasteiger partial charge on any atom is 0.243 e. The average Bonchev–Trinajstić information content (AvgIpc) is 3.19. The van der Waals surface area contributed by atoms with Crippen LogP contribution in [-0.4, -0.2) is 43.2 Å². The van der Waals surface area contributed by atoms with Crippen LogP contribution in [-0.2, 0) is 4.79 Å². The maximum absolute atomic E-state index is 12.9. The summed E-state index contributed by atoms with van der Waals surface area (Å²) in [5.41, 5.74) is 12.6. The fraction of sp³-hybridized carbons (Fsp3) is 0.524. The minimum Gasteiger partial charge on any atom is -0.494 e. The van der Waals surface area contributed by atoms with E-state index in [2.05, 4.69) is 28.8 Å². The highest BCUT2D eigenvalue weighted by Crippen LogP contribution is 2.22. The van der Waals surface area contributed by atoms with E-state index in [1.807, 2.05) is 49.9 Å². The molecule has 2 rings (SSSR count). The van der Waals surface area contributed by atoms with E-state index >= 15 is 0 Å². The fourth-order valence-corrected chi connectivity index (χ4v) is 2.95. The monoisotopic (exact) mass is 372 g/mol. The first-order valence-electron chi connectivity index (χ1n) is 9.71. The van der Waals surface area contributed by atoms with Crippen LogP contribution >= 0.6 is 0 Å². The van der Waals surface area contributed by atoms with E-state index in [1.165, 1.54) is 0 Å². The van der Waals surface area contributed by atoms with E-state index in [9.17, 15) is 4.79 Å². The zero-order valence-electron chi connectivity index (χ0n) is 16.9. The molecule has 27 heavy (non-hydrogen) atoms. The third-order valence-electron chi connectivity index (χ3n) is 4.40. The van der Waals surface area contributed by atoms with Crippen LogP contribution in [0.4, 0.5) is 5.69 Å². The Labute approximate surface area is 162 Å². The molecule has 1 atom stereocenters. The Morgan fingerprint density at radius 2 is 2.26 bits per heavy atom. The zero-order chi connectivity index (χ0) is 19.6. The van der Waals surface area contributed by atoms with E-state index < -0.39 is 0 Å². The molecule has 0 saturated carbocycles. The number of aryl methyl sites for hydroxylation is 1. The van der Waals surface area contributed by atoms with Crippen molar-refractivity contribution in [3.05, 3.63) is 41.1 Å². The predicted molar refractivity (Wildman–Crippen MR) is 110 cm³/mol. The number of nitrogens with one attached hydrogen (secondary N) is 3. The van der Waals surface area contributed by atoms with Gasteiger partial charge in [-0.25, -0.2) is 5.43 Å². The molecule has 1 saturated heterocycles. The molecular weight excluding hydrogens is 340 g/mol. The van der Waals surface area contributed by atoms with Gasteiger partial charge in [-0.1, -0.05) is 13.0 Å². The normalized spacial score (nSPS) is 15.8. The van der Waals surface area contributed by atoms with Gasteiger partial charge in [-0.2, -0.15) is 0 Å². The Morgan fingerprint density at radius 1 is 1.44 bits per heavy atom. The Bertz CT molecular complexity index is 689. The highest BCUT2D eigenvalue weighted by atomic mass is 16.5. The first-order valence-corrected chi connectivity index (χ1v) is 9.71. The molecule has 0 radical (unpaired) electrons. The Balaban J connectivity index is 2.04. The van der Waals surface area contributed by atoms with E-state index in [-0.39, 0.29) is 18.6 Å². The van der Waals surface area contributed by atoms with Gasteiger partial charge in [0, 0.05) is 18.3 Å². The number of anilines is 1. The number of hydrogen-bond donors (Lipinski definition) is 3. The molecule has 6 heteroatoms. The lowest BCUT2D eigenvalue weighted by Crippen LogP contribution is -2.50. The number of ether oxygens (including phenoxy) is 1. The van der Waals surface area contributed by atoms with Crippen molar-refractivity contribution in [3.8, 4) is 5.75 Å². The van der Waals surface area contributed by atoms with Crippen molar-refractivity contribution in [1.29, 1.82) is 0 Å². The van der Waals surface area contributed by atoms with Gasteiger partial charge in [-0.3, -0.25) is 10.2 Å². The smallest absolute Gasteiger partial charge is 0.243 e. The topological polar surface area (TPSA) is 65.6 Å². The third-order valence-corrected chi connectivity index (χ3v) is 4.40. The molecule has 6 nitrogen and oxygen atoms in total. The summed E-state index contributed by atoms with van der Waals surface area (Å²) in [6.45, 7) is 10.3. The number of carbonyl (C=O) groups is 1. The second-order valence-corrected chi connectivity index (χ2v) is 6.70. The molecule has 0 spiro atoms. The van der Waals surface area contributed by atoms with E-state index in [0.717, 1.165) is 42.0 Å². The molecule has 1 aromatic rings. The van der Waals surface area contributed by atoms with Gasteiger partial charge >= 0.3 is 0 Å². The number of hydrogen-bond acceptors (Lipinski definition) is 5. The average molecular weight is 373 g/mol. The maximum atomic E-state index is 12.9. The summed E-state index contributed by atoms with van der Waals surface area (Å²) < 4.78 is 5.63. The highest BCUT2D eigenvalue weighted by molar-refractivity contribution is 5.81. The van der Waals surface area contributed by atoms with Crippen LogP contribution in [0.2, 0.25) is 0 Å². The summed E-state index contributed by atoms with van der Waals surface area (Å²) in [7, 11) is 0.